The van der Waals surface area contributed by atoms with E-state index in [2.05, 4.69) is 10.3 Å². The number of carbonyl (C=O) groups excluding carboxylic acids is 1. The van der Waals surface area contributed by atoms with Gasteiger partial charge in [-0.1, -0.05) is 0 Å². The van der Waals surface area contributed by atoms with Gasteiger partial charge in [0.1, 0.15) is 12.0 Å². The molecule has 120 valence electrons. The molecule has 3 N–H and O–H groups in total. The zero-order valence-corrected chi connectivity index (χ0v) is 11.9. The molecule has 2 rings (SSSR count). The zero-order valence-electron chi connectivity index (χ0n) is 11.9. The van der Waals surface area contributed by atoms with E-state index in [4.69, 9.17) is 9.84 Å². The Morgan fingerprint density at radius 3 is 2.86 bits per heavy atom. The molecule has 3 atom stereocenters. The standard InChI is InChI=1S/C13H17N3O6/c1-7(17)14-10-4-5-16(13(21)15-10)11-3-2-9(22-11)8(18)6-12(19)20/h4-5,8-9,11,18H,2-3,6H2,1H3,(H,19,20)(H,14,15,17,21)/t8?,9-,11+/m0/s1. The Bertz CT molecular complexity index is 628. The van der Waals surface area contributed by atoms with Crippen LogP contribution >= 0.6 is 0 Å². The summed E-state index contributed by atoms with van der Waals surface area (Å²) < 4.78 is 6.78. The molecule has 1 aromatic rings. The van der Waals surface area contributed by atoms with Gasteiger partial charge < -0.3 is 20.3 Å². The van der Waals surface area contributed by atoms with Crippen molar-refractivity contribution in [3.05, 3.63) is 22.7 Å². The van der Waals surface area contributed by atoms with Crippen LogP contribution in [0.2, 0.25) is 0 Å². The van der Waals surface area contributed by atoms with Crippen molar-refractivity contribution in [1.82, 2.24) is 9.55 Å². The Morgan fingerprint density at radius 2 is 2.27 bits per heavy atom. The summed E-state index contributed by atoms with van der Waals surface area (Å²) in [6.07, 6.45) is -0.433. The number of aromatic nitrogens is 2. The van der Waals surface area contributed by atoms with E-state index in [1.165, 1.54) is 23.8 Å². The lowest BCUT2D eigenvalue weighted by Gasteiger charge is -2.18. The summed E-state index contributed by atoms with van der Waals surface area (Å²) in [7, 11) is 0. The van der Waals surface area contributed by atoms with Crippen molar-refractivity contribution < 1.29 is 24.5 Å². The van der Waals surface area contributed by atoms with E-state index in [-0.39, 0.29) is 11.7 Å². The molecule has 0 aromatic carbocycles. The van der Waals surface area contributed by atoms with Gasteiger partial charge in [0.05, 0.1) is 18.6 Å². The average Bonchev–Trinajstić information content (AvgIpc) is 2.86. The first-order valence-corrected chi connectivity index (χ1v) is 6.79. The molecule has 0 saturated carbocycles. The molecule has 9 nitrogen and oxygen atoms in total. The van der Waals surface area contributed by atoms with Gasteiger partial charge in [-0.3, -0.25) is 14.2 Å². The van der Waals surface area contributed by atoms with E-state index < -0.39 is 36.5 Å². The summed E-state index contributed by atoms with van der Waals surface area (Å²) in [5.74, 6) is -1.30. The quantitative estimate of drug-likeness (QED) is 0.681. The normalized spacial score (nSPS) is 22.3. The molecular weight excluding hydrogens is 294 g/mol. The molecule has 1 fully saturated rings. The number of carbonyl (C=O) groups is 2. The summed E-state index contributed by atoms with van der Waals surface area (Å²) in [6.45, 7) is 1.31. The maximum Gasteiger partial charge on any atom is 0.351 e. The van der Waals surface area contributed by atoms with Crippen molar-refractivity contribution in [2.24, 2.45) is 0 Å². The minimum absolute atomic E-state index is 0.147. The molecule has 9 heteroatoms. The number of aliphatic hydroxyl groups is 1. The third-order valence-electron chi connectivity index (χ3n) is 3.29. The Labute approximate surface area is 125 Å². The van der Waals surface area contributed by atoms with Gasteiger partial charge in [-0.15, -0.1) is 0 Å². The van der Waals surface area contributed by atoms with E-state index in [1.807, 2.05) is 0 Å². The highest BCUT2D eigenvalue weighted by Crippen LogP contribution is 2.29. The molecule has 1 aromatic heterocycles. The van der Waals surface area contributed by atoms with Gasteiger partial charge in [-0.25, -0.2) is 4.79 Å². The van der Waals surface area contributed by atoms with Gasteiger partial charge in [0.25, 0.3) is 0 Å². The van der Waals surface area contributed by atoms with Crippen molar-refractivity contribution in [1.29, 1.82) is 0 Å². The number of rotatable bonds is 5. The molecule has 22 heavy (non-hydrogen) atoms. The summed E-state index contributed by atoms with van der Waals surface area (Å²) in [5.41, 5.74) is -0.593. The second kappa shape index (κ2) is 6.67. The monoisotopic (exact) mass is 311 g/mol. The number of amides is 1. The predicted octanol–water partition coefficient (Wildman–Crippen LogP) is -0.285. The number of carboxylic acid groups (broad SMARTS) is 1. The Kier molecular flexibility index (Phi) is 4.88. The van der Waals surface area contributed by atoms with E-state index in [9.17, 15) is 19.5 Å². The van der Waals surface area contributed by atoms with Crippen LogP contribution in [0, 0.1) is 0 Å². The number of nitrogens with zero attached hydrogens (tertiary/aromatic N) is 2. The number of carboxylic acids is 1. The summed E-state index contributed by atoms with van der Waals surface area (Å²) in [5, 5.41) is 20.8. The molecule has 2 heterocycles. The second-order valence-corrected chi connectivity index (χ2v) is 5.06. The van der Waals surface area contributed by atoms with Crippen LogP contribution in [-0.2, 0) is 14.3 Å². The van der Waals surface area contributed by atoms with Gasteiger partial charge in [0, 0.05) is 13.1 Å². The molecule has 1 aliphatic heterocycles. The lowest BCUT2D eigenvalue weighted by atomic mass is 10.1. The fourth-order valence-electron chi connectivity index (χ4n) is 2.32. The van der Waals surface area contributed by atoms with Crippen LogP contribution < -0.4 is 11.0 Å². The lowest BCUT2D eigenvalue weighted by molar-refractivity contribution is -0.142. The van der Waals surface area contributed by atoms with Gasteiger partial charge in [-0.05, 0) is 18.9 Å². The number of nitrogens with one attached hydrogen (secondary N) is 1. The van der Waals surface area contributed by atoms with Crippen molar-refractivity contribution in [3.63, 3.8) is 0 Å². The number of aliphatic hydroxyl groups excluding tert-OH is 1. The van der Waals surface area contributed by atoms with E-state index in [1.54, 1.807) is 0 Å². The van der Waals surface area contributed by atoms with E-state index in [0.717, 1.165) is 0 Å². The summed E-state index contributed by atoms with van der Waals surface area (Å²) in [4.78, 5) is 37.1. The van der Waals surface area contributed by atoms with E-state index in [0.29, 0.717) is 12.8 Å². The maximum atomic E-state index is 11.9. The van der Waals surface area contributed by atoms with Crippen LogP contribution in [0.25, 0.3) is 0 Å². The van der Waals surface area contributed by atoms with Gasteiger partial charge >= 0.3 is 11.7 Å². The fraction of sp³-hybridized carbons (Fsp3) is 0.538. The number of aliphatic carboxylic acids is 1. The SMILES string of the molecule is CC(=O)Nc1ccn([C@H]2CC[C@@H](C(O)CC(=O)O)O2)c(=O)n1. The smallest absolute Gasteiger partial charge is 0.351 e. The van der Waals surface area contributed by atoms with Crippen LogP contribution in [0.4, 0.5) is 5.82 Å². The van der Waals surface area contributed by atoms with Crippen LogP contribution in [-0.4, -0.2) is 43.8 Å². The molecule has 1 aliphatic rings. The first-order valence-electron chi connectivity index (χ1n) is 6.79. The van der Waals surface area contributed by atoms with Crippen molar-refractivity contribution in [2.75, 3.05) is 5.32 Å². The maximum absolute atomic E-state index is 11.9. The lowest BCUT2D eigenvalue weighted by Crippen LogP contribution is -2.31. The van der Waals surface area contributed by atoms with Crippen LogP contribution in [0.3, 0.4) is 0 Å². The number of hydrogen-bond acceptors (Lipinski definition) is 6. The van der Waals surface area contributed by atoms with Crippen molar-refractivity contribution >= 4 is 17.7 Å². The first kappa shape index (κ1) is 16.1. The number of ether oxygens (including phenoxy) is 1. The van der Waals surface area contributed by atoms with E-state index >= 15 is 0 Å². The van der Waals surface area contributed by atoms with Gasteiger partial charge in [0.15, 0.2) is 0 Å². The number of anilines is 1. The van der Waals surface area contributed by atoms with Crippen LogP contribution in [0.15, 0.2) is 17.1 Å². The molecular formula is C13H17N3O6. The molecule has 0 spiro atoms. The summed E-state index contributed by atoms with van der Waals surface area (Å²) in [6, 6.07) is 1.47. The highest BCUT2D eigenvalue weighted by Gasteiger charge is 2.33. The minimum Gasteiger partial charge on any atom is -0.481 e. The first-order chi connectivity index (χ1) is 10.4. The Balaban J connectivity index is 2.06. The molecule has 0 bridgehead atoms. The minimum atomic E-state index is -1.12. The predicted molar refractivity (Wildman–Crippen MR) is 74.2 cm³/mol. The summed E-state index contributed by atoms with van der Waals surface area (Å²) >= 11 is 0. The molecule has 1 unspecified atom stereocenters. The van der Waals surface area contributed by atoms with Gasteiger partial charge in [-0.2, -0.15) is 4.98 Å². The fourth-order valence-corrected chi connectivity index (χ4v) is 2.32. The van der Waals surface area contributed by atoms with Crippen molar-refractivity contribution in [3.8, 4) is 0 Å². The Morgan fingerprint density at radius 1 is 1.55 bits per heavy atom. The third-order valence-corrected chi connectivity index (χ3v) is 3.29. The van der Waals surface area contributed by atoms with Crippen LogP contribution in [0.5, 0.6) is 0 Å². The average molecular weight is 311 g/mol. The van der Waals surface area contributed by atoms with Crippen LogP contribution in [0.1, 0.15) is 32.4 Å². The Hall–Kier alpha value is -2.26. The molecule has 1 saturated heterocycles. The molecule has 0 aliphatic carbocycles. The van der Waals surface area contributed by atoms with Crippen molar-refractivity contribution in [2.45, 2.75) is 44.6 Å². The third kappa shape index (κ3) is 3.89. The highest BCUT2D eigenvalue weighted by atomic mass is 16.5. The zero-order chi connectivity index (χ0) is 16.3. The number of hydrogen-bond donors (Lipinski definition) is 3. The highest BCUT2D eigenvalue weighted by molar-refractivity contribution is 5.87. The van der Waals surface area contributed by atoms with Gasteiger partial charge in [0.2, 0.25) is 5.91 Å². The second-order valence-electron chi connectivity index (χ2n) is 5.06. The molecule has 0 radical (unpaired) electrons. The topological polar surface area (TPSA) is 131 Å². The molecule has 1 amide bonds. The largest absolute Gasteiger partial charge is 0.481 e.